The molecule has 0 bridgehead atoms. The maximum absolute atomic E-state index is 13.5. The average molecular weight is 537 g/mol. The normalized spacial score (nSPS) is 11.5. The average Bonchev–Trinajstić information content (AvgIpc) is 2.92. The number of carbonyl (C=O) groups excluding carboxylic acids is 1. The molecule has 37 heavy (non-hydrogen) atoms. The number of pyridine rings is 1. The number of sulfonamides is 1. The SMILES string of the molecule is CCc1ccccc1N(CC(=O)N/N=C\c1cc2ccc(OC)cc2nc1Cl)S(=O)(=O)c1ccccc1. The quantitative estimate of drug-likeness (QED) is 0.188. The van der Waals surface area contributed by atoms with E-state index in [-0.39, 0.29) is 10.0 Å². The lowest BCUT2D eigenvalue weighted by molar-refractivity contribution is -0.119. The lowest BCUT2D eigenvalue weighted by Gasteiger charge is -2.25. The molecule has 3 aromatic carbocycles. The molecule has 190 valence electrons. The number of ether oxygens (including phenoxy) is 1. The number of nitrogens with zero attached hydrogens (tertiary/aromatic N) is 3. The molecule has 10 heteroatoms. The smallest absolute Gasteiger partial charge is 0.264 e. The van der Waals surface area contributed by atoms with E-state index in [4.69, 9.17) is 16.3 Å². The Hall–Kier alpha value is -3.95. The first-order valence-corrected chi connectivity index (χ1v) is 13.3. The zero-order valence-corrected chi connectivity index (χ0v) is 21.8. The number of benzene rings is 3. The van der Waals surface area contributed by atoms with E-state index < -0.39 is 22.5 Å². The van der Waals surface area contributed by atoms with E-state index in [2.05, 4.69) is 15.5 Å². The van der Waals surface area contributed by atoms with Crippen LogP contribution in [0.5, 0.6) is 5.75 Å². The van der Waals surface area contributed by atoms with E-state index in [9.17, 15) is 13.2 Å². The third-order valence-corrected chi connectivity index (χ3v) is 7.73. The van der Waals surface area contributed by atoms with Gasteiger partial charge in [0.05, 0.1) is 29.4 Å². The lowest BCUT2D eigenvalue weighted by atomic mass is 10.1. The zero-order valence-electron chi connectivity index (χ0n) is 20.3. The zero-order chi connectivity index (χ0) is 26.4. The van der Waals surface area contributed by atoms with Crippen molar-refractivity contribution in [1.82, 2.24) is 10.4 Å². The van der Waals surface area contributed by atoms with Crippen molar-refractivity contribution in [2.75, 3.05) is 18.0 Å². The third kappa shape index (κ3) is 5.90. The predicted octanol–water partition coefficient (Wildman–Crippen LogP) is 4.80. The monoisotopic (exact) mass is 536 g/mol. The standard InChI is InChI=1S/C27H25ClN4O4S/c1-3-19-9-7-8-12-25(19)32(37(34,35)23-10-5-4-6-11-23)18-26(33)31-29-17-21-15-20-13-14-22(36-2)16-24(20)30-27(21)28/h4-17H,3,18H2,1-2H3,(H,31,33)/b29-17-. The summed E-state index contributed by atoms with van der Waals surface area (Å²) in [5.41, 5.74) is 4.78. The van der Waals surface area contributed by atoms with Crippen LogP contribution in [0.3, 0.4) is 0 Å². The van der Waals surface area contributed by atoms with Gasteiger partial charge in [0.15, 0.2) is 0 Å². The minimum Gasteiger partial charge on any atom is -0.497 e. The summed E-state index contributed by atoms with van der Waals surface area (Å²) in [6.45, 7) is 1.46. The van der Waals surface area contributed by atoms with Gasteiger partial charge in [-0.3, -0.25) is 9.10 Å². The Bertz CT molecular complexity index is 1560. The van der Waals surface area contributed by atoms with Gasteiger partial charge >= 0.3 is 0 Å². The second-order valence-electron chi connectivity index (χ2n) is 8.03. The van der Waals surface area contributed by atoms with Gasteiger partial charge in [-0.1, -0.05) is 54.9 Å². The van der Waals surface area contributed by atoms with E-state index in [1.165, 1.54) is 18.3 Å². The number of hydrazone groups is 1. The number of fused-ring (bicyclic) bond motifs is 1. The van der Waals surface area contributed by atoms with Gasteiger partial charge in [-0.25, -0.2) is 18.8 Å². The Kier molecular flexibility index (Phi) is 8.05. The van der Waals surface area contributed by atoms with Gasteiger partial charge in [0.25, 0.3) is 15.9 Å². The number of anilines is 1. The number of halogens is 1. The highest BCUT2D eigenvalue weighted by Gasteiger charge is 2.28. The highest BCUT2D eigenvalue weighted by atomic mass is 35.5. The van der Waals surface area contributed by atoms with E-state index in [0.29, 0.717) is 28.9 Å². The lowest BCUT2D eigenvalue weighted by Crippen LogP contribution is -2.40. The van der Waals surface area contributed by atoms with Crippen molar-refractivity contribution in [1.29, 1.82) is 0 Å². The van der Waals surface area contributed by atoms with Crippen LogP contribution < -0.4 is 14.5 Å². The molecule has 0 saturated heterocycles. The van der Waals surface area contributed by atoms with Crippen molar-refractivity contribution in [2.24, 2.45) is 5.10 Å². The Balaban J connectivity index is 1.57. The predicted molar refractivity (Wildman–Crippen MR) is 146 cm³/mol. The number of amides is 1. The second-order valence-corrected chi connectivity index (χ2v) is 10.2. The number of aromatic nitrogens is 1. The number of para-hydroxylation sites is 1. The molecular weight excluding hydrogens is 512 g/mol. The number of hydrogen-bond donors (Lipinski definition) is 1. The van der Waals surface area contributed by atoms with Crippen molar-refractivity contribution >= 4 is 50.3 Å². The summed E-state index contributed by atoms with van der Waals surface area (Å²) in [5, 5.41) is 5.00. The van der Waals surface area contributed by atoms with Gasteiger partial charge in [0.1, 0.15) is 17.4 Å². The van der Waals surface area contributed by atoms with Crippen molar-refractivity contribution < 1.29 is 17.9 Å². The molecule has 1 amide bonds. The Morgan fingerprint density at radius 2 is 1.81 bits per heavy atom. The summed E-state index contributed by atoms with van der Waals surface area (Å²) < 4.78 is 33.4. The molecule has 1 heterocycles. The van der Waals surface area contributed by atoms with Gasteiger partial charge in [-0.2, -0.15) is 5.10 Å². The molecule has 0 saturated carbocycles. The van der Waals surface area contributed by atoms with Crippen LogP contribution in [-0.2, 0) is 21.2 Å². The molecule has 0 aliphatic rings. The van der Waals surface area contributed by atoms with E-state index in [0.717, 1.165) is 15.3 Å². The number of hydrogen-bond acceptors (Lipinski definition) is 6. The van der Waals surface area contributed by atoms with Crippen molar-refractivity contribution in [2.45, 2.75) is 18.2 Å². The molecule has 0 aliphatic carbocycles. The maximum atomic E-state index is 13.5. The second kappa shape index (κ2) is 11.4. The van der Waals surface area contributed by atoms with Crippen LogP contribution in [0.4, 0.5) is 5.69 Å². The summed E-state index contributed by atoms with van der Waals surface area (Å²) >= 11 is 6.30. The van der Waals surface area contributed by atoms with Crippen LogP contribution in [0.25, 0.3) is 10.9 Å². The Labute approximate surface area is 220 Å². The molecule has 1 N–H and O–H groups in total. The molecule has 8 nitrogen and oxygen atoms in total. The fourth-order valence-electron chi connectivity index (χ4n) is 3.77. The molecule has 0 spiro atoms. The summed E-state index contributed by atoms with van der Waals surface area (Å²) in [7, 11) is -2.45. The Morgan fingerprint density at radius 1 is 1.08 bits per heavy atom. The van der Waals surface area contributed by atoms with E-state index in [1.54, 1.807) is 55.6 Å². The van der Waals surface area contributed by atoms with E-state index >= 15 is 0 Å². The van der Waals surface area contributed by atoms with Crippen LogP contribution in [0, 0.1) is 0 Å². The van der Waals surface area contributed by atoms with Gasteiger partial charge in [-0.05, 0) is 48.4 Å². The molecule has 4 aromatic rings. The van der Waals surface area contributed by atoms with Crippen LogP contribution in [0.1, 0.15) is 18.1 Å². The molecule has 0 radical (unpaired) electrons. The number of nitrogens with one attached hydrogen (secondary N) is 1. The van der Waals surface area contributed by atoms with Crippen molar-refractivity contribution in [3.8, 4) is 5.75 Å². The minimum absolute atomic E-state index is 0.0860. The number of aryl methyl sites for hydroxylation is 1. The molecule has 0 unspecified atom stereocenters. The molecule has 0 atom stereocenters. The minimum atomic E-state index is -4.02. The largest absolute Gasteiger partial charge is 0.497 e. The summed E-state index contributed by atoms with van der Waals surface area (Å²) in [5.74, 6) is 0.0423. The first kappa shape index (κ1) is 26.1. The topological polar surface area (TPSA) is 101 Å². The van der Waals surface area contributed by atoms with Gasteiger partial charge in [0, 0.05) is 17.0 Å². The third-order valence-electron chi connectivity index (χ3n) is 5.66. The van der Waals surface area contributed by atoms with Crippen LogP contribution in [0.2, 0.25) is 5.15 Å². The first-order valence-electron chi connectivity index (χ1n) is 11.5. The summed E-state index contributed by atoms with van der Waals surface area (Å²) in [6, 6.07) is 22.3. The van der Waals surface area contributed by atoms with E-state index in [1.807, 2.05) is 25.1 Å². The van der Waals surface area contributed by atoms with Crippen molar-refractivity contribution in [3.63, 3.8) is 0 Å². The first-order chi connectivity index (χ1) is 17.8. The van der Waals surface area contributed by atoms with Crippen LogP contribution in [0.15, 0.2) is 88.9 Å². The fraction of sp³-hybridized carbons (Fsp3) is 0.148. The summed E-state index contributed by atoms with van der Waals surface area (Å²) in [4.78, 5) is 17.3. The molecule has 4 rings (SSSR count). The highest BCUT2D eigenvalue weighted by Crippen LogP contribution is 2.27. The Morgan fingerprint density at radius 3 is 2.54 bits per heavy atom. The number of rotatable bonds is 9. The number of carbonyl (C=O) groups is 1. The number of methoxy groups -OCH3 is 1. The van der Waals surface area contributed by atoms with Crippen LogP contribution in [-0.4, -0.2) is 39.2 Å². The van der Waals surface area contributed by atoms with Crippen molar-refractivity contribution in [3.05, 3.63) is 95.1 Å². The van der Waals surface area contributed by atoms with Gasteiger partial charge < -0.3 is 4.74 Å². The van der Waals surface area contributed by atoms with Crippen LogP contribution >= 0.6 is 11.6 Å². The highest BCUT2D eigenvalue weighted by molar-refractivity contribution is 7.92. The summed E-state index contributed by atoms with van der Waals surface area (Å²) in [6.07, 6.45) is 1.96. The van der Waals surface area contributed by atoms with Gasteiger partial charge in [0.2, 0.25) is 0 Å². The molecule has 0 aliphatic heterocycles. The molecule has 1 aromatic heterocycles. The fourth-order valence-corrected chi connectivity index (χ4v) is 5.44. The molecule has 0 fully saturated rings. The molecular formula is C27H25ClN4O4S. The maximum Gasteiger partial charge on any atom is 0.264 e. The van der Waals surface area contributed by atoms with Gasteiger partial charge in [-0.15, -0.1) is 0 Å².